The molecule has 2 unspecified atom stereocenters. The van der Waals surface area contributed by atoms with Crippen molar-refractivity contribution in [2.75, 3.05) is 0 Å². The summed E-state index contributed by atoms with van der Waals surface area (Å²) in [5.74, 6) is 0.0823. The maximum Gasteiger partial charge on any atom is 0.156 e. The highest BCUT2D eigenvalue weighted by molar-refractivity contribution is 7.92. The van der Waals surface area contributed by atoms with E-state index >= 15 is 0 Å². The first-order valence-corrected chi connectivity index (χ1v) is 8.82. The second-order valence-corrected chi connectivity index (χ2v) is 8.45. The van der Waals surface area contributed by atoms with Gasteiger partial charge in [0.15, 0.2) is 9.84 Å². The molecule has 0 amide bonds. The number of ketones is 1. The van der Waals surface area contributed by atoms with Crippen molar-refractivity contribution in [1.82, 2.24) is 4.98 Å². The lowest BCUT2D eigenvalue weighted by molar-refractivity contribution is -0.122. The molecule has 2 bridgehead atoms. The fourth-order valence-electron chi connectivity index (χ4n) is 3.52. The molecule has 1 aromatic rings. The van der Waals surface area contributed by atoms with E-state index in [1.807, 2.05) is 12.1 Å². The van der Waals surface area contributed by atoms with E-state index in [4.69, 9.17) is 0 Å². The third kappa shape index (κ3) is 2.51. The summed E-state index contributed by atoms with van der Waals surface area (Å²) in [7, 11) is -2.97. The highest BCUT2D eigenvalue weighted by atomic mass is 32.2. The van der Waals surface area contributed by atoms with Crippen molar-refractivity contribution < 1.29 is 13.2 Å². The molecule has 2 atom stereocenters. The first kappa shape index (κ1) is 13.7. The van der Waals surface area contributed by atoms with E-state index < -0.39 is 9.84 Å². The molecule has 2 aliphatic rings. The summed E-state index contributed by atoms with van der Waals surface area (Å²) in [5, 5.41) is -0.560. The number of sulfone groups is 1. The van der Waals surface area contributed by atoms with Crippen LogP contribution < -0.4 is 0 Å². The molecule has 2 saturated heterocycles. The number of hydrogen-bond donors (Lipinski definition) is 0. The zero-order chi connectivity index (χ0) is 14.2. The van der Waals surface area contributed by atoms with Gasteiger partial charge in [0.05, 0.1) is 10.5 Å². The Kier molecular flexibility index (Phi) is 3.63. The quantitative estimate of drug-likeness (QED) is 0.854. The number of hydrogen-bond acceptors (Lipinski definition) is 4. The number of Topliss-reactive ketones (excluding diaryl/α,β-unsaturated/α-hetero) is 1. The van der Waals surface area contributed by atoms with E-state index in [2.05, 4.69) is 4.98 Å². The van der Waals surface area contributed by atoms with Crippen molar-refractivity contribution in [3.8, 4) is 0 Å². The molecule has 3 heterocycles. The van der Waals surface area contributed by atoms with Gasteiger partial charge in [-0.25, -0.2) is 8.42 Å². The highest BCUT2D eigenvalue weighted by Gasteiger charge is 2.45. The number of carbonyl (C=O) groups is 1. The van der Waals surface area contributed by atoms with Crippen LogP contribution in [0.15, 0.2) is 24.5 Å². The van der Waals surface area contributed by atoms with Gasteiger partial charge < -0.3 is 0 Å². The van der Waals surface area contributed by atoms with E-state index in [-0.39, 0.29) is 22.2 Å². The lowest BCUT2D eigenvalue weighted by Gasteiger charge is -2.38. The summed E-state index contributed by atoms with van der Waals surface area (Å²) in [6.07, 6.45) is 7.26. The van der Waals surface area contributed by atoms with Crippen LogP contribution in [0.1, 0.15) is 37.7 Å². The summed E-state index contributed by atoms with van der Waals surface area (Å²) in [6.45, 7) is 0. The van der Waals surface area contributed by atoms with Crippen LogP contribution in [-0.2, 0) is 21.1 Å². The maximum atomic E-state index is 12.4. The van der Waals surface area contributed by atoms with E-state index in [0.717, 1.165) is 24.8 Å². The molecule has 0 N–H and O–H groups in total. The van der Waals surface area contributed by atoms with Gasteiger partial charge in [-0.05, 0) is 37.3 Å². The Morgan fingerprint density at radius 3 is 2.55 bits per heavy atom. The van der Waals surface area contributed by atoms with Crippen LogP contribution in [0.25, 0.3) is 0 Å². The highest BCUT2D eigenvalue weighted by Crippen LogP contribution is 2.39. The number of nitrogens with zero attached hydrogens (tertiary/aromatic N) is 1. The van der Waals surface area contributed by atoms with Gasteiger partial charge in [0.1, 0.15) is 5.78 Å². The van der Waals surface area contributed by atoms with E-state index in [0.29, 0.717) is 19.3 Å². The molecule has 20 heavy (non-hydrogen) atoms. The molecule has 4 nitrogen and oxygen atoms in total. The molecular weight excluding hydrogens is 274 g/mol. The molecule has 0 radical (unpaired) electrons. The predicted molar refractivity (Wildman–Crippen MR) is 76.0 cm³/mol. The molecule has 0 saturated carbocycles. The van der Waals surface area contributed by atoms with Gasteiger partial charge in [-0.1, -0.05) is 12.5 Å². The summed E-state index contributed by atoms with van der Waals surface area (Å²) >= 11 is 0. The average Bonchev–Trinajstić information content (AvgIpc) is 2.38. The Balaban J connectivity index is 1.72. The first-order chi connectivity index (χ1) is 9.57. The lowest BCUT2D eigenvalue weighted by atomic mass is 9.85. The molecule has 2 aliphatic heterocycles. The SMILES string of the molecule is O=C(Cc1cccnc1)C1CC2CCCC(C1)S2(=O)=O. The van der Waals surface area contributed by atoms with E-state index in [9.17, 15) is 13.2 Å². The van der Waals surface area contributed by atoms with Crippen LogP contribution in [0.5, 0.6) is 0 Å². The van der Waals surface area contributed by atoms with Crippen molar-refractivity contribution >= 4 is 15.6 Å². The third-order valence-corrected chi connectivity index (χ3v) is 7.35. The standard InChI is InChI=1S/C15H19NO3S/c17-15(7-11-3-2-6-16-10-11)12-8-13-4-1-5-14(9-12)20(13,18)19/h2-3,6,10,12-14H,1,4-5,7-9H2. The van der Waals surface area contributed by atoms with Crippen LogP contribution in [-0.4, -0.2) is 29.7 Å². The Bertz CT molecular complexity index is 577. The normalized spacial score (nSPS) is 31.7. The van der Waals surface area contributed by atoms with Crippen molar-refractivity contribution in [2.24, 2.45) is 5.92 Å². The molecule has 108 valence electrons. The molecule has 0 spiro atoms. The Labute approximate surface area is 119 Å². The topological polar surface area (TPSA) is 64.1 Å². The Hall–Kier alpha value is -1.23. The van der Waals surface area contributed by atoms with Gasteiger partial charge >= 0.3 is 0 Å². The minimum absolute atomic E-state index is 0.0889. The van der Waals surface area contributed by atoms with Crippen molar-refractivity contribution in [3.05, 3.63) is 30.1 Å². The smallest absolute Gasteiger partial charge is 0.156 e. The molecule has 1 aromatic heterocycles. The molecule has 0 aromatic carbocycles. The zero-order valence-electron chi connectivity index (χ0n) is 11.4. The predicted octanol–water partition coefficient (Wildman–Crippen LogP) is 1.94. The molecule has 5 heteroatoms. The fourth-order valence-corrected chi connectivity index (χ4v) is 6.06. The monoisotopic (exact) mass is 293 g/mol. The van der Waals surface area contributed by atoms with Crippen LogP contribution >= 0.6 is 0 Å². The van der Waals surface area contributed by atoms with Crippen LogP contribution in [0.2, 0.25) is 0 Å². The van der Waals surface area contributed by atoms with Crippen molar-refractivity contribution in [1.29, 1.82) is 0 Å². The molecule has 2 fully saturated rings. The largest absolute Gasteiger partial charge is 0.299 e. The van der Waals surface area contributed by atoms with E-state index in [1.54, 1.807) is 12.4 Å². The lowest BCUT2D eigenvalue weighted by Crippen LogP contribution is -2.45. The van der Waals surface area contributed by atoms with Crippen molar-refractivity contribution in [2.45, 2.75) is 49.0 Å². The number of carbonyl (C=O) groups excluding carboxylic acids is 1. The van der Waals surface area contributed by atoms with Gasteiger partial charge in [-0.15, -0.1) is 0 Å². The number of pyridine rings is 1. The summed E-state index contributed by atoms with van der Waals surface area (Å²) in [4.78, 5) is 16.4. The van der Waals surface area contributed by atoms with Crippen LogP contribution in [0.3, 0.4) is 0 Å². The molecule has 0 aliphatic carbocycles. The fraction of sp³-hybridized carbons (Fsp3) is 0.600. The van der Waals surface area contributed by atoms with Gasteiger partial charge in [-0.2, -0.15) is 0 Å². The molecule has 3 rings (SSSR count). The van der Waals surface area contributed by atoms with Gasteiger partial charge in [0.25, 0.3) is 0 Å². The second kappa shape index (κ2) is 5.28. The van der Waals surface area contributed by atoms with E-state index in [1.165, 1.54) is 0 Å². The third-order valence-electron chi connectivity index (χ3n) is 4.63. The average molecular weight is 293 g/mol. The van der Waals surface area contributed by atoms with Gasteiger partial charge in [-0.3, -0.25) is 9.78 Å². The molecular formula is C15H19NO3S. The zero-order valence-corrected chi connectivity index (χ0v) is 12.2. The second-order valence-electron chi connectivity index (χ2n) is 5.94. The minimum Gasteiger partial charge on any atom is -0.299 e. The summed E-state index contributed by atoms with van der Waals surface area (Å²) in [5.41, 5.74) is 0.913. The maximum absolute atomic E-state index is 12.4. The van der Waals surface area contributed by atoms with Crippen LogP contribution in [0.4, 0.5) is 0 Å². The summed E-state index contributed by atoms with van der Waals surface area (Å²) < 4.78 is 24.4. The Morgan fingerprint density at radius 1 is 1.25 bits per heavy atom. The number of fused-ring (bicyclic) bond motifs is 2. The first-order valence-electron chi connectivity index (χ1n) is 7.21. The van der Waals surface area contributed by atoms with Gasteiger partial charge in [0, 0.05) is 24.7 Å². The van der Waals surface area contributed by atoms with Crippen molar-refractivity contribution in [3.63, 3.8) is 0 Å². The number of rotatable bonds is 3. The minimum atomic E-state index is -2.97. The van der Waals surface area contributed by atoms with Crippen LogP contribution in [0, 0.1) is 5.92 Å². The summed E-state index contributed by atoms with van der Waals surface area (Å²) in [6, 6.07) is 3.72. The van der Waals surface area contributed by atoms with Gasteiger partial charge in [0.2, 0.25) is 0 Å². The Morgan fingerprint density at radius 2 is 1.95 bits per heavy atom. The number of aromatic nitrogens is 1.